The van der Waals surface area contributed by atoms with Crippen LogP contribution in [-0.4, -0.2) is 51.0 Å². The van der Waals surface area contributed by atoms with Crippen LogP contribution in [0.1, 0.15) is 42.1 Å². The van der Waals surface area contributed by atoms with Gasteiger partial charge in [0.15, 0.2) is 5.16 Å². The molecule has 2 fully saturated rings. The third kappa shape index (κ3) is 3.43. The van der Waals surface area contributed by atoms with Gasteiger partial charge < -0.3 is 19.9 Å². The summed E-state index contributed by atoms with van der Waals surface area (Å²) in [5, 5.41) is 9.28. The quantitative estimate of drug-likeness (QED) is 0.815. The molecule has 1 saturated heterocycles. The molecule has 0 bridgehead atoms. The molecular formula is C19H25N5O2S. The Bertz CT molecular complexity index is 841. The molecule has 1 aromatic heterocycles. The fraction of sp³-hybridized carbons (Fsp3) is 0.526. The average Bonchev–Trinajstić information content (AvgIpc) is 3.06. The molecule has 3 unspecified atom stereocenters. The topological polar surface area (TPSA) is 86.3 Å². The molecule has 1 saturated carbocycles. The number of carbonyl (C=O) groups excluding carboxylic acids is 1. The third-order valence-electron chi connectivity index (χ3n) is 5.75. The van der Waals surface area contributed by atoms with E-state index in [0.717, 1.165) is 18.0 Å². The van der Waals surface area contributed by atoms with Crippen molar-refractivity contribution in [2.75, 3.05) is 19.7 Å². The van der Waals surface area contributed by atoms with Crippen molar-refractivity contribution in [3.63, 3.8) is 0 Å². The first-order chi connectivity index (χ1) is 13.0. The number of urea groups is 1. The van der Waals surface area contributed by atoms with Gasteiger partial charge in [-0.3, -0.25) is 0 Å². The van der Waals surface area contributed by atoms with E-state index >= 15 is 0 Å². The normalized spacial score (nSPS) is 26.0. The van der Waals surface area contributed by atoms with E-state index < -0.39 is 0 Å². The minimum atomic E-state index is -0.356. The van der Waals surface area contributed by atoms with Crippen LogP contribution >= 0.6 is 11.8 Å². The summed E-state index contributed by atoms with van der Waals surface area (Å²) in [5.41, 5.74) is 7.75. The van der Waals surface area contributed by atoms with Gasteiger partial charge in [0, 0.05) is 24.8 Å². The van der Waals surface area contributed by atoms with Gasteiger partial charge in [-0.15, -0.1) is 10.2 Å². The standard InChI is InChI=1S/C19H25N5O2S/c1-13(27-18-22-21-12-23(18)2)14-4-3-5-15(10-14)16-6-7-19(16)11-24(17(20)25)8-9-26-19/h3-5,10,12-13,16H,6-9,11H2,1-2H3,(H2,20,25). The zero-order chi connectivity index (χ0) is 19.0. The Morgan fingerprint density at radius 2 is 2.33 bits per heavy atom. The number of hydrogen-bond acceptors (Lipinski definition) is 5. The molecule has 2 amide bonds. The summed E-state index contributed by atoms with van der Waals surface area (Å²) in [6, 6.07) is 8.35. The summed E-state index contributed by atoms with van der Waals surface area (Å²) in [6.45, 7) is 3.90. The molecule has 0 radical (unpaired) electrons. The van der Waals surface area contributed by atoms with Gasteiger partial charge in [-0.1, -0.05) is 36.0 Å². The third-order valence-corrected chi connectivity index (χ3v) is 6.95. The maximum absolute atomic E-state index is 11.6. The summed E-state index contributed by atoms with van der Waals surface area (Å²) in [4.78, 5) is 13.3. The molecule has 1 spiro atoms. The van der Waals surface area contributed by atoms with Crippen LogP contribution in [0.4, 0.5) is 4.79 Å². The Hall–Kier alpha value is -2.06. The molecule has 144 valence electrons. The second-order valence-electron chi connectivity index (χ2n) is 7.42. The van der Waals surface area contributed by atoms with E-state index in [1.807, 2.05) is 11.6 Å². The smallest absolute Gasteiger partial charge is 0.314 e. The Morgan fingerprint density at radius 1 is 1.48 bits per heavy atom. The van der Waals surface area contributed by atoms with Gasteiger partial charge in [-0.25, -0.2) is 4.79 Å². The molecule has 8 heteroatoms. The van der Waals surface area contributed by atoms with Crippen molar-refractivity contribution in [1.29, 1.82) is 0 Å². The predicted octanol–water partition coefficient (Wildman–Crippen LogP) is 2.70. The molecule has 1 aromatic carbocycles. The van der Waals surface area contributed by atoms with Crippen molar-refractivity contribution < 1.29 is 9.53 Å². The molecule has 1 aliphatic carbocycles. The van der Waals surface area contributed by atoms with Gasteiger partial charge >= 0.3 is 6.03 Å². The number of aryl methyl sites for hydroxylation is 1. The van der Waals surface area contributed by atoms with Crippen LogP contribution in [0.5, 0.6) is 0 Å². The zero-order valence-electron chi connectivity index (χ0n) is 15.7. The maximum Gasteiger partial charge on any atom is 0.314 e. The van der Waals surface area contributed by atoms with Gasteiger partial charge in [0.05, 0.1) is 18.8 Å². The van der Waals surface area contributed by atoms with E-state index in [1.165, 1.54) is 11.1 Å². The number of nitrogens with two attached hydrogens (primary N) is 1. The van der Waals surface area contributed by atoms with E-state index in [-0.39, 0.29) is 16.9 Å². The van der Waals surface area contributed by atoms with Crippen molar-refractivity contribution in [2.24, 2.45) is 12.8 Å². The Kier molecular flexibility index (Phi) is 4.86. The van der Waals surface area contributed by atoms with Crippen LogP contribution in [0.25, 0.3) is 0 Å². The number of ether oxygens (including phenoxy) is 1. The number of aromatic nitrogens is 3. The van der Waals surface area contributed by atoms with E-state index in [1.54, 1.807) is 23.0 Å². The minimum absolute atomic E-state index is 0.262. The Morgan fingerprint density at radius 3 is 3.00 bits per heavy atom. The number of benzene rings is 1. The summed E-state index contributed by atoms with van der Waals surface area (Å²) in [6.07, 6.45) is 3.75. The van der Waals surface area contributed by atoms with Crippen molar-refractivity contribution in [3.8, 4) is 0 Å². The van der Waals surface area contributed by atoms with Crippen LogP contribution in [0.3, 0.4) is 0 Å². The van der Waals surface area contributed by atoms with Crippen molar-refractivity contribution >= 4 is 17.8 Å². The molecule has 2 N–H and O–H groups in total. The van der Waals surface area contributed by atoms with Crippen molar-refractivity contribution in [2.45, 2.75) is 41.7 Å². The average molecular weight is 388 g/mol. The van der Waals surface area contributed by atoms with Crippen molar-refractivity contribution in [1.82, 2.24) is 19.7 Å². The maximum atomic E-state index is 11.6. The highest BCUT2D eigenvalue weighted by molar-refractivity contribution is 7.99. The molecule has 27 heavy (non-hydrogen) atoms. The van der Waals surface area contributed by atoms with Gasteiger partial charge in [0.2, 0.25) is 0 Å². The van der Waals surface area contributed by atoms with Crippen LogP contribution in [0.2, 0.25) is 0 Å². The molecule has 1 aliphatic heterocycles. The molecule has 7 nitrogen and oxygen atoms in total. The number of amides is 2. The molecule has 2 heterocycles. The zero-order valence-corrected chi connectivity index (χ0v) is 16.5. The summed E-state index contributed by atoms with van der Waals surface area (Å²) in [7, 11) is 1.95. The fourth-order valence-corrected chi connectivity index (χ4v) is 4.98. The Labute approximate surface area is 163 Å². The lowest BCUT2D eigenvalue weighted by Crippen LogP contribution is -2.61. The second kappa shape index (κ2) is 7.16. The SMILES string of the molecule is CC(Sc1nncn1C)c1cccc(C2CCC23CN(C(N)=O)CCO3)c1. The monoisotopic (exact) mass is 387 g/mol. The number of nitrogens with zero attached hydrogens (tertiary/aromatic N) is 4. The number of hydrogen-bond donors (Lipinski definition) is 1. The fourth-order valence-electron chi connectivity index (χ4n) is 4.07. The number of rotatable bonds is 4. The molecular weight excluding hydrogens is 362 g/mol. The first kappa shape index (κ1) is 18.3. The van der Waals surface area contributed by atoms with Crippen LogP contribution in [0.15, 0.2) is 35.7 Å². The van der Waals surface area contributed by atoms with E-state index in [2.05, 4.69) is 41.4 Å². The molecule has 3 atom stereocenters. The lowest BCUT2D eigenvalue weighted by molar-refractivity contribution is -0.156. The van der Waals surface area contributed by atoms with E-state index in [0.29, 0.717) is 25.6 Å². The highest BCUT2D eigenvalue weighted by Crippen LogP contribution is 2.50. The van der Waals surface area contributed by atoms with Crippen LogP contribution < -0.4 is 5.73 Å². The highest BCUT2D eigenvalue weighted by Gasteiger charge is 2.51. The largest absolute Gasteiger partial charge is 0.371 e. The first-order valence-electron chi connectivity index (χ1n) is 9.27. The summed E-state index contributed by atoms with van der Waals surface area (Å²) >= 11 is 1.70. The first-order valence-corrected chi connectivity index (χ1v) is 10.2. The highest BCUT2D eigenvalue weighted by atomic mass is 32.2. The molecule has 4 rings (SSSR count). The van der Waals surface area contributed by atoms with Gasteiger partial charge in [-0.05, 0) is 30.9 Å². The number of morpholine rings is 1. The lowest BCUT2D eigenvalue weighted by atomic mass is 9.65. The molecule has 2 aromatic rings. The second-order valence-corrected chi connectivity index (χ2v) is 8.73. The van der Waals surface area contributed by atoms with Crippen LogP contribution in [0, 0.1) is 0 Å². The summed E-state index contributed by atoms with van der Waals surface area (Å²) in [5.74, 6) is 0.298. The van der Waals surface area contributed by atoms with Gasteiger partial charge in [-0.2, -0.15) is 0 Å². The molecule has 2 aliphatic rings. The van der Waals surface area contributed by atoms with E-state index in [4.69, 9.17) is 10.5 Å². The van der Waals surface area contributed by atoms with E-state index in [9.17, 15) is 4.79 Å². The Balaban J connectivity index is 1.52. The van der Waals surface area contributed by atoms with Crippen molar-refractivity contribution in [3.05, 3.63) is 41.7 Å². The van der Waals surface area contributed by atoms with Crippen LogP contribution in [-0.2, 0) is 11.8 Å². The number of thioether (sulfide) groups is 1. The lowest BCUT2D eigenvalue weighted by Gasteiger charge is -2.54. The number of carbonyl (C=O) groups is 1. The number of primary amides is 1. The summed E-state index contributed by atoms with van der Waals surface area (Å²) < 4.78 is 8.10. The van der Waals surface area contributed by atoms with Gasteiger partial charge in [0.25, 0.3) is 0 Å². The van der Waals surface area contributed by atoms with Gasteiger partial charge in [0.1, 0.15) is 6.33 Å². The minimum Gasteiger partial charge on any atom is -0.371 e. The predicted molar refractivity (Wildman–Crippen MR) is 104 cm³/mol.